The number of nitrogens with one attached hydrogen (secondary N) is 2. The summed E-state index contributed by atoms with van der Waals surface area (Å²) in [6.45, 7) is 1.96. The molecule has 0 heterocycles. The molecule has 2 aromatic rings. The number of methoxy groups -OCH3 is 2. The normalized spacial score (nSPS) is 10.4. The Hall–Kier alpha value is -4.08. The van der Waals surface area contributed by atoms with Gasteiger partial charge in [0.25, 0.3) is 0 Å². The molecule has 2 N–H and O–H groups in total. The summed E-state index contributed by atoms with van der Waals surface area (Å²) in [4.78, 5) is 35.3. The van der Waals surface area contributed by atoms with E-state index in [1.54, 1.807) is 42.5 Å². The summed E-state index contributed by atoms with van der Waals surface area (Å²) < 4.78 is 20.6. The third kappa shape index (κ3) is 8.52. The van der Waals surface area contributed by atoms with E-state index >= 15 is 0 Å². The number of hydrazone groups is 1. The lowest BCUT2D eigenvalue weighted by Gasteiger charge is -2.11. The number of carbonyl (C=O) groups excluding carboxylic acids is 3. The van der Waals surface area contributed by atoms with Gasteiger partial charge in [-0.15, -0.1) is 0 Å². The molecule has 0 aliphatic rings. The average molecular weight is 457 g/mol. The molecule has 0 aromatic heterocycles. The van der Waals surface area contributed by atoms with Gasteiger partial charge in [0.15, 0.2) is 18.1 Å². The van der Waals surface area contributed by atoms with Gasteiger partial charge in [0.1, 0.15) is 5.75 Å². The van der Waals surface area contributed by atoms with Crippen LogP contribution in [0.25, 0.3) is 0 Å². The smallest absolute Gasteiger partial charge is 0.343 e. The molecule has 33 heavy (non-hydrogen) atoms. The number of hydrogen-bond acceptors (Lipinski definition) is 8. The molecule has 0 unspecified atom stereocenters. The molecule has 2 amide bonds. The average Bonchev–Trinajstić information content (AvgIpc) is 2.82. The number of carbonyl (C=O) groups is 3. The minimum Gasteiger partial charge on any atom is -0.495 e. The SMILES string of the molecule is CCOc1cc(C=NNC(=O)CCC(=O)Nc2ccccc2OC)ccc1OCC(=O)OC. The number of amides is 2. The summed E-state index contributed by atoms with van der Waals surface area (Å²) in [5.41, 5.74) is 3.55. The lowest BCUT2D eigenvalue weighted by Crippen LogP contribution is -2.20. The zero-order chi connectivity index (χ0) is 24.1. The summed E-state index contributed by atoms with van der Waals surface area (Å²) in [6, 6.07) is 12.0. The monoisotopic (exact) mass is 457 g/mol. The third-order valence-corrected chi connectivity index (χ3v) is 4.20. The van der Waals surface area contributed by atoms with E-state index in [0.717, 1.165) is 0 Å². The predicted molar refractivity (Wildman–Crippen MR) is 122 cm³/mol. The summed E-state index contributed by atoms with van der Waals surface area (Å²) in [6.07, 6.45) is 1.38. The molecule has 0 saturated heterocycles. The van der Waals surface area contributed by atoms with E-state index in [9.17, 15) is 14.4 Å². The minimum atomic E-state index is -0.512. The van der Waals surface area contributed by atoms with Gasteiger partial charge in [0.2, 0.25) is 11.8 Å². The number of nitrogens with zero attached hydrogens (tertiary/aromatic N) is 1. The molecule has 0 aliphatic carbocycles. The van der Waals surface area contributed by atoms with E-state index in [1.165, 1.54) is 20.4 Å². The van der Waals surface area contributed by atoms with Crippen molar-refractivity contribution in [2.24, 2.45) is 5.10 Å². The van der Waals surface area contributed by atoms with Crippen molar-refractivity contribution in [2.75, 3.05) is 32.8 Å². The Bertz CT molecular complexity index is 992. The van der Waals surface area contributed by atoms with Crippen LogP contribution in [0, 0.1) is 0 Å². The molecule has 0 atom stereocenters. The lowest BCUT2D eigenvalue weighted by atomic mass is 10.2. The van der Waals surface area contributed by atoms with Gasteiger partial charge < -0.3 is 24.3 Å². The highest BCUT2D eigenvalue weighted by atomic mass is 16.6. The van der Waals surface area contributed by atoms with E-state index in [1.807, 2.05) is 6.92 Å². The van der Waals surface area contributed by atoms with Crippen LogP contribution < -0.4 is 25.0 Å². The standard InChI is InChI=1S/C23H27N3O7/c1-4-32-20-13-16(9-10-19(20)33-15-23(29)31-3)14-24-26-22(28)12-11-21(27)25-17-7-5-6-8-18(17)30-2/h5-10,13-14H,4,11-12,15H2,1-3H3,(H,25,27)(H,26,28). The van der Waals surface area contributed by atoms with Crippen LogP contribution in [0.4, 0.5) is 5.69 Å². The molecule has 0 radical (unpaired) electrons. The van der Waals surface area contributed by atoms with E-state index < -0.39 is 11.9 Å². The first-order valence-electron chi connectivity index (χ1n) is 10.2. The Labute approximate surface area is 191 Å². The van der Waals surface area contributed by atoms with Crippen molar-refractivity contribution in [2.45, 2.75) is 19.8 Å². The van der Waals surface area contributed by atoms with Gasteiger partial charge in [0, 0.05) is 12.8 Å². The molecule has 0 bridgehead atoms. The van der Waals surface area contributed by atoms with Crippen molar-refractivity contribution in [3.05, 3.63) is 48.0 Å². The van der Waals surface area contributed by atoms with Gasteiger partial charge in [-0.05, 0) is 42.8 Å². The topological polar surface area (TPSA) is 125 Å². The number of benzene rings is 2. The number of anilines is 1. The van der Waals surface area contributed by atoms with Crippen LogP contribution in [-0.4, -0.2) is 51.4 Å². The summed E-state index contributed by atoms with van der Waals surface area (Å²) in [5, 5.41) is 6.61. The highest BCUT2D eigenvalue weighted by Gasteiger charge is 2.10. The quantitative estimate of drug-likeness (QED) is 0.285. The third-order valence-electron chi connectivity index (χ3n) is 4.20. The van der Waals surface area contributed by atoms with Gasteiger partial charge in [-0.2, -0.15) is 5.10 Å². The fraction of sp³-hybridized carbons (Fsp3) is 0.304. The highest BCUT2D eigenvalue weighted by Crippen LogP contribution is 2.28. The zero-order valence-corrected chi connectivity index (χ0v) is 18.8. The Kier molecular flexibility index (Phi) is 10.2. The maximum absolute atomic E-state index is 12.1. The molecule has 176 valence electrons. The highest BCUT2D eigenvalue weighted by molar-refractivity contribution is 5.94. The van der Waals surface area contributed by atoms with E-state index in [0.29, 0.717) is 35.1 Å². The van der Waals surface area contributed by atoms with Crippen LogP contribution in [0.3, 0.4) is 0 Å². The molecule has 10 nitrogen and oxygen atoms in total. The van der Waals surface area contributed by atoms with Crippen LogP contribution in [0.5, 0.6) is 17.2 Å². The van der Waals surface area contributed by atoms with Gasteiger partial charge in [-0.1, -0.05) is 12.1 Å². The molecular formula is C23H27N3O7. The molecule has 2 rings (SSSR count). The van der Waals surface area contributed by atoms with Crippen molar-refractivity contribution < 1.29 is 33.3 Å². The van der Waals surface area contributed by atoms with Crippen LogP contribution in [0.1, 0.15) is 25.3 Å². The summed E-state index contributed by atoms with van der Waals surface area (Å²) in [7, 11) is 2.78. The molecule has 10 heteroatoms. The van der Waals surface area contributed by atoms with E-state index in [-0.39, 0.29) is 25.4 Å². The lowest BCUT2D eigenvalue weighted by molar-refractivity contribution is -0.143. The second-order valence-corrected chi connectivity index (χ2v) is 6.55. The Balaban J connectivity index is 1.85. The Morgan fingerprint density at radius 2 is 1.70 bits per heavy atom. The molecule has 0 fully saturated rings. The fourth-order valence-corrected chi connectivity index (χ4v) is 2.61. The number of hydrogen-bond donors (Lipinski definition) is 2. The number of rotatable bonds is 12. The molecule has 2 aromatic carbocycles. The Morgan fingerprint density at radius 3 is 2.42 bits per heavy atom. The number of para-hydroxylation sites is 2. The second kappa shape index (κ2) is 13.4. The van der Waals surface area contributed by atoms with Crippen LogP contribution in [0.2, 0.25) is 0 Å². The van der Waals surface area contributed by atoms with Crippen LogP contribution in [-0.2, 0) is 19.1 Å². The van der Waals surface area contributed by atoms with Crippen LogP contribution in [0.15, 0.2) is 47.6 Å². The summed E-state index contributed by atoms with van der Waals surface area (Å²) in [5.74, 6) is 0.0941. The van der Waals surface area contributed by atoms with Crippen molar-refractivity contribution >= 4 is 29.7 Å². The first kappa shape index (κ1) is 25.2. The molecular weight excluding hydrogens is 430 g/mol. The van der Waals surface area contributed by atoms with Gasteiger partial charge in [0.05, 0.1) is 32.7 Å². The number of esters is 1. The number of ether oxygens (including phenoxy) is 4. The summed E-state index contributed by atoms with van der Waals surface area (Å²) >= 11 is 0. The van der Waals surface area contributed by atoms with Crippen molar-refractivity contribution in [1.82, 2.24) is 5.43 Å². The first-order chi connectivity index (χ1) is 16.0. The molecule has 0 spiro atoms. The van der Waals surface area contributed by atoms with Gasteiger partial charge >= 0.3 is 5.97 Å². The van der Waals surface area contributed by atoms with Crippen molar-refractivity contribution in [3.63, 3.8) is 0 Å². The second-order valence-electron chi connectivity index (χ2n) is 6.55. The van der Waals surface area contributed by atoms with E-state index in [2.05, 4.69) is 20.6 Å². The van der Waals surface area contributed by atoms with Crippen molar-refractivity contribution in [1.29, 1.82) is 0 Å². The van der Waals surface area contributed by atoms with Gasteiger partial charge in [-0.3, -0.25) is 9.59 Å². The first-order valence-corrected chi connectivity index (χ1v) is 10.2. The van der Waals surface area contributed by atoms with E-state index in [4.69, 9.17) is 14.2 Å². The fourth-order valence-electron chi connectivity index (χ4n) is 2.61. The Morgan fingerprint density at radius 1 is 0.939 bits per heavy atom. The maximum Gasteiger partial charge on any atom is 0.343 e. The van der Waals surface area contributed by atoms with Crippen molar-refractivity contribution in [3.8, 4) is 17.2 Å². The predicted octanol–water partition coefficient (Wildman–Crippen LogP) is 2.51. The minimum absolute atomic E-state index is 0.0138. The molecule has 0 aliphatic heterocycles. The molecule has 0 saturated carbocycles. The maximum atomic E-state index is 12.1. The van der Waals surface area contributed by atoms with Crippen LogP contribution >= 0.6 is 0 Å². The van der Waals surface area contributed by atoms with Gasteiger partial charge in [-0.25, -0.2) is 10.2 Å². The largest absolute Gasteiger partial charge is 0.495 e. The zero-order valence-electron chi connectivity index (χ0n) is 18.8.